The minimum Gasteiger partial charge on any atom is -0.399 e. The zero-order chi connectivity index (χ0) is 16.2. The van der Waals surface area contributed by atoms with E-state index in [1.54, 1.807) is 0 Å². The molecule has 2 aliphatic rings. The Kier molecular flexibility index (Phi) is 5.09. The second-order valence-electron chi connectivity index (χ2n) is 7.12. The molecule has 1 aliphatic carbocycles. The normalized spacial score (nSPS) is 19.9. The fourth-order valence-electron chi connectivity index (χ4n) is 3.93. The van der Waals surface area contributed by atoms with E-state index in [2.05, 4.69) is 28.9 Å². The number of piperazine rings is 1. The number of anilines is 2. The van der Waals surface area contributed by atoms with Crippen LogP contribution in [0.3, 0.4) is 0 Å². The number of aryl methyl sites for hydroxylation is 1. The number of amides is 1. The predicted octanol–water partition coefficient (Wildman–Crippen LogP) is 3.20. The lowest BCUT2D eigenvalue weighted by atomic mass is 9.86. The lowest BCUT2D eigenvalue weighted by Gasteiger charge is -2.37. The molecule has 126 valence electrons. The molecule has 1 amide bonds. The number of nitrogen functional groups attached to an aromatic ring is 1. The molecule has 0 bridgehead atoms. The molecule has 1 saturated carbocycles. The maximum Gasteiger partial charge on any atom is 0.222 e. The highest BCUT2D eigenvalue weighted by Gasteiger charge is 2.25. The zero-order valence-electron chi connectivity index (χ0n) is 14.3. The van der Waals surface area contributed by atoms with Gasteiger partial charge in [-0.25, -0.2) is 0 Å². The van der Waals surface area contributed by atoms with Gasteiger partial charge in [0.05, 0.1) is 0 Å². The monoisotopic (exact) mass is 315 g/mol. The summed E-state index contributed by atoms with van der Waals surface area (Å²) in [5.41, 5.74) is 9.19. The molecule has 0 radical (unpaired) electrons. The lowest BCUT2D eigenvalue weighted by molar-refractivity contribution is -0.132. The second-order valence-corrected chi connectivity index (χ2v) is 7.12. The van der Waals surface area contributed by atoms with Crippen LogP contribution in [0.1, 0.15) is 44.1 Å². The average Bonchev–Trinajstić information content (AvgIpc) is 2.58. The Morgan fingerprint density at radius 1 is 1.13 bits per heavy atom. The summed E-state index contributed by atoms with van der Waals surface area (Å²) in [5, 5.41) is 0. The first-order valence-corrected chi connectivity index (χ1v) is 9.02. The van der Waals surface area contributed by atoms with E-state index in [9.17, 15) is 4.79 Å². The summed E-state index contributed by atoms with van der Waals surface area (Å²) >= 11 is 0. The van der Waals surface area contributed by atoms with Crippen molar-refractivity contribution < 1.29 is 4.79 Å². The van der Waals surface area contributed by atoms with Crippen LogP contribution in [-0.2, 0) is 4.79 Å². The molecular weight excluding hydrogens is 286 g/mol. The number of rotatable bonds is 3. The van der Waals surface area contributed by atoms with Gasteiger partial charge in [0, 0.05) is 44.0 Å². The number of benzene rings is 1. The molecule has 3 rings (SSSR count). The van der Waals surface area contributed by atoms with E-state index >= 15 is 0 Å². The average molecular weight is 315 g/mol. The Hall–Kier alpha value is -1.71. The highest BCUT2D eigenvalue weighted by atomic mass is 16.2. The maximum absolute atomic E-state index is 12.5. The predicted molar refractivity (Wildman–Crippen MR) is 95.6 cm³/mol. The molecule has 0 aromatic heterocycles. The van der Waals surface area contributed by atoms with Crippen LogP contribution in [0, 0.1) is 12.8 Å². The first kappa shape index (κ1) is 16.2. The Morgan fingerprint density at radius 3 is 2.52 bits per heavy atom. The van der Waals surface area contributed by atoms with Crippen LogP contribution in [0.4, 0.5) is 11.4 Å². The molecule has 1 heterocycles. The van der Waals surface area contributed by atoms with Gasteiger partial charge in [-0.3, -0.25) is 4.79 Å². The summed E-state index contributed by atoms with van der Waals surface area (Å²) in [6.45, 7) is 5.59. The molecule has 4 nitrogen and oxygen atoms in total. The molecule has 1 saturated heterocycles. The molecule has 2 N–H and O–H groups in total. The zero-order valence-corrected chi connectivity index (χ0v) is 14.3. The number of hydrogen-bond donors (Lipinski definition) is 1. The van der Waals surface area contributed by atoms with Gasteiger partial charge in [-0.1, -0.05) is 25.3 Å². The summed E-state index contributed by atoms with van der Waals surface area (Å²) < 4.78 is 0. The Balaban J connectivity index is 1.53. The van der Waals surface area contributed by atoms with Crippen molar-refractivity contribution in [1.82, 2.24) is 4.90 Å². The molecule has 4 heteroatoms. The standard InChI is InChI=1S/C19H29N3O/c1-15-7-8-17(20)14-18(15)21-9-11-22(12-10-21)19(23)13-16-5-3-2-4-6-16/h7-8,14,16H,2-6,9-13,20H2,1H3. The van der Waals surface area contributed by atoms with Gasteiger partial charge in [0.15, 0.2) is 0 Å². The number of carbonyl (C=O) groups excluding carboxylic acids is 1. The third-order valence-corrected chi connectivity index (χ3v) is 5.39. The molecule has 1 aromatic carbocycles. The molecule has 23 heavy (non-hydrogen) atoms. The van der Waals surface area contributed by atoms with Crippen molar-refractivity contribution in [1.29, 1.82) is 0 Å². The molecule has 1 aliphatic heterocycles. The molecule has 0 spiro atoms. The SMILES string of the molecule is Cc1ccc(N)cc1N1CCN(C(=O)CC2CCCCC2)CC1. The van der Waals surface area contributed by atoms with Gasteiger partial charge in [-0.05, 0) is 43.4 Å². The van der Waals surface area contributed by atoms with E-state index in [4.69, 9.17) is 5.73 Å². The van der Waals surface area contributed by atoms with Crippen LogP contribution >= 0.6 is 0 Å². The summed E-state index contributed by atoms with van der Waals surface area (Å²) in [7, 11) is 0. The van der Waals surface area contributed by atoms with Crippen molar-refractivity contribution in [3.8, 4) is 0 Å². The van der Waals surface area contributed by atoms with Gasteiger partial charge in [-0.2, -0.15) is 0 Å². The van der Waals surface area contributed by atoms with Crippen molar-refractivity contribution in [2.24, 2.45) is 5.92 Å². The van der Waals surface area contributed by atoms with Crippen molar-refractivity contribution in [3.05, 3.63) is 23.8 Å². The van der Waals surface area contributed by atoms with E-state index in [0.717, 1.165) is 38.3 Å². The molecule has 0 unspecified atom stereocenters. The van der Waals surface area contributed by atoms with Crippen molar-refractivity contribution in [3.63, 3.8) is 0 Å². The Morgan fingerprint density at radius 2 is 1.83 bits per heavy atom. The van der Waals surface area contributed by atoms with Gasteiger partial charge in [0.25, 0.3) is 0 Å². The largest absolute Gasteiger partial charge is 0.399 e. The Labute approximate surface area is 139 Å². The van der Waals surface area contributed by atoms with Crippen LogP contribution in [0.15, 0.2) is 18.2 Å². The van der Waals surface area contributed by atoms with E-state index in [1.807, 2.05) is 6.07 Å². The van der Waals surface area contributed by atoms with Gasteiger partial charge in [0.1, 0.15) is 0 Å². The first-order valence-electron chi connectivity index (χ1n) is 9.02. The molecule has 0 atom stereocenters. The van der Waals surface area contributed by atoms with Crippen molar-refractivity contribution >= 4 is 17.3 Å². The minimum atomic E-state index is 0.362. The number of hydrogen-bond acceptors (Lipinski definition) is 3. The van der Waals surface area contributed by atoms with Crippen molar-refractivity contribution in [2.75, 3.05) is 36.8 Å². The van der Waals surface area contributed by atoms with Crippen LogP contribution in [-0.4, -0.2) is 37.0 Å². The second kappa shape index (κ2) is 7.24. The summed E-state index contributed by atoms with van der Waals surface area (Å²) in [4.78, 5) is 16.9. The van der Waals surface area contributed by atoms with Gasteiger partial charge >= 0.3 is 0 Å². The fraction of sp³-hybridized carbons (Fsp3) is 0.632. The Bertz CT molecular complexity index is 544. The van der Waals surface area contributed by atoms with E-state index in [-0.39, 0.29) is 0 Å². The van der Waals surface area contributed by atoms with Gasteiger partial charge in [0.2, 0.25) is 5.91 Å². The fourth-order valence-corrected chi connectivity index (χ4v) is 3.93. The lowest BCUT2D eigenvalue weighted by Crippen LogP contribution is -2.49. The van der Waals surface area contributed by atoms with Crippen LogP contribution in [0.2, 0.25) is 0 Å². The van der Waals surface area contributed by atoms with Crippen LogP contribution in [0.25, 0.3) is 0 Å². The maximum atomic E-state index is 12.5. The van der Waals surface area contributed by atoms with Gasteiger partial charge < -0.3 is 15.5 Å². The minimum absolute atomic E-state index is 0.362. The third kappa shape index (κ3) is 3.98. The quantitative estimate of drug-likeness (QED) is 0.872. The van der Waals surface area contributed by atoms with Gasteiger partial charge in [-0.15, -0.1) is 0 Å². The van der Waals surface area contributed by atoms with Crippen LogP contribution < -0.4 is 10.6 Å². The van der Waals surface area contributed by atoms with E-state index < -0.39 is 0 Å². The summed E-state index contributed by atoms with van der Waals surface area (Å²) in [5.74, 6) is 0.992. The smallest absolute Gasteiger partial charge is 0.222 e. The van der Waals surface area contributed by atoms with E-state index in [1.165, 1.54) is 43.4 Å². The highest BCUT2D eigenvalue weighted by molar-refractivity contribution is 5.77. The third-order valence-electron chi connectivity index (χ3n) is 5.39. The molecule has 2 fully saturated rings. The topological polar surface area (TPSA) is 49.6 Å². The number of carbonyl (C=O) groups is 1. The van der Waals surface area contributed by atoms with Crippen molar-refractivity contribution in [2.45, 2.75) is 45.4 Å². The molecular formula is C19H29N3O. The number of nitrogens with two attached hydrogens (primary N) is 1. The van der Waals surface area contributed by atoms with E-state index in [0.29, 0.717) is 11.8 Å². The number of nitrogens with zero attached hydrogens (tertiary/aromatic N) is 2. The summed E-state index contributed by atoms with van der Waals surface area (Å²) in [6, 6.07) is 6.07. The summed E-state index contributed by atoms with van der Waals surface area (Å²) in [6.07, 6.45) is 7.21. The highest BCUT2D eigenvalue weighted by Crippen LogP contribution is 2.28. The first-order chi connectivity index (χ1) is 11.1. The molecule has 1 aromatic rings. The van der Waals surface area contributed by atoms with Crippen LogP contribution in [0.5, 0.6) is 0 Å².